The largest absolute Gasteiger partial charge is 0.378 e. The molecule has 2 aromatic rings. The molecule has 0 saturated carbocycles. The Morgan fingerprint density at radius 3 is 2.90 bits per heavy atom. The third-order valence-electron chi connectivity index (χ3n) is 3.91. The molecule has 1 aliphatic heterocycles. The molecule has 1 aromatic carbocycles. The number of rotatable bonds is 5. The number of imidazole rings is 1. The van der Waals surface area contributed by atoms with Crippen LogP contribution in [-0.2, 0) is 13.1 Å². The zero-order valence-corrected chi connectivity index (χ0v) is 12.0. The van der Waals surface area contributed by atoms with E-state index in [0.717, 1.165) is 18.9 Å². The van der Waals surface area contributed by atoms with Crippen molar-refractivity contribution in [3.63, 3.8) is 0 Å². The summed E-state index contributed by atoms with van der Waals surface area (Å²) in [5.41, 5.74) is 2.49. The lowest BCUT2D eigenvalue weighted by Crippen LogP contribution is -2.17. The molecule has 0 aliphatic carbocycles. The molecule has 3 rings (SSSR count). The van der Waals surface area contributed by atoms with E-state index >= 15 is 0 Å². The maximum absolute atomic E-state index is 4.39. The Labute approximate surface area is 120 Å². The number of aromatic nitrogens is 2. The molecule has 0 atom stereocenters. The number of hydrogen-bond donors (Lipinski definition) is 1. The van der Waals surface area contributed by atoms with Gasteiger partial charge in [-0.15, -0.1) is 0 Å². The van der Waals surface area contributed by atoms with E-state index in [4.69, 9.17) is 0 Å². The SMILES string of the molecule is CCn1ccnc1CNc1cccc(N2CCCC2)c1. The minimum atomic E-state index is 0.768. The first-order chi connectivity index (χ1) is 9.86. The number of hydrogen-bond acceptors (Lipinski definition) is 3. The average Bonchev–Trinajstić information content (AvgIpc) is 3.16. The summed E-state index contributed by atoms with van der Waals surface area (Å²) >= 11 is 0. The molecule has 0 spiro atoms. The van der Waals surface area contributed by atoms with Crippen LogP contribution in [0.25, 0.3) is 0 Å². The Kier molecular flexibility index (Phi) is 3.90. The summed E-state index contributed by atoms with van der Waals surface area (Å²) in [6.07, 6.45) is 6.51. The molecule has 2 heterocycles. The predicted octanol–water partition coefficient (Wildman–Crippen LogP) is 3.12. The fourth-order valence-electron chi connectivity index (χ4n) is 2.76. The number of benzene rings is 1. The van der Waals surface area contributed by atoms with Crippen molar-refractivity contribution < 1.29 is 0 Å². The third kappa shape index (κ3) is 2.79. The highest BCUT2D eigenvalue weighted by Gasteiger charge is 2.12. The second-order valence-corrected chi connectivity index (χ2v) is 5.23. The van der Waals surface area contributed by atoms with Crippen molar-refractivity contribution in [3.8, 4) is 0 Å². The zero-order valence-electron chi connectivity index (χ0n) is 12.0. The summed E-state index contributed by atoms with van der Waals surface area (Å²) in [5.74, 6) is 1.08. The van der Waals surface area contributed by atoms with E-state index in [-0.39, 0.29) is 0 Å². The smallest absolute Gasteiger partial charge is 0.128 e. The van der Waals surface area contributed by atoms with Gasteiger partial charge in [0.15, 0.2) is 0 Å². The molecule has 1 aromatic heterocycles. The normalized spacial score (nSPS) is 14.8. The molecular formula is C16H22N4. The first kappa shape index (κ1) is 13.0. The summed E-state index contributed by atoms with van der Waals surface area (Å²) in [6, 6.07) is 8.69. The lowest BCUT2D eigenvalue weighted by Gasteiger charge is -2.18. The van der Waals surface area contributed by atoms with E-state index in [1.165, 1.54) is 37.3 Å². The highest BCUT2D eigenvalue weighted by atomic mass is 15.1. The fraction of sp³-hybridized carbons (Fsp3) is 0.438. The quantitative estimate of drug-likeness (QED) is 0.906. The van der Waals surface area contributed by atoms with Crippen molar-refractivity contribution >= 4 is 11.4 Å². The molecule has 1 aliphatic rings. The van der Waals surface area contributed by atoms with Gasteiger partial charge in [-0.05, 0) is 38.0 Å². The number of nitrogens with zero attached hydrogens (tertiary/aromatic N) is 3. The van der Waals surface area contributed by atoms with Crippen LogP contribution in [0, 0.1) is 0 Å². The number of aryl methyl sites for hydroxylation is 1. The maximum atomic E-state index is 4.39. The Morgan fingerprint density at radius 2 is 2.10 bits per heavy atom. The Bertz CT molecular complexity index is 555. The molecule has 0 radical (unpaired) electrons. The van der Waals surface area contributed by atoms with Crippen LogP contribution in [0.5, 0.6) is 0 Å². The van der Waals surface area contributed by atoms with Gasteiger partial charge < -0.3 is 14.8 Å². The van der Waals surface area contributed by atoms with Crippen molar-refractivity contribution in [1.82, 2.24) is 9.55 Å². The van der Waals surface area contributed by atoms with Crippen LogP contribution in [0.2, 0.25) is 0 Å². The predicted molar refractivity (Wildman–Crippen MR) is 83.1 cm³/mol. The second-order valence-electron chi connectivity index (χ2n) is 5.23. The van der Waals surface area contributed by atoms with Gasteiger partial charge in [-0.25, -0.2) is 4.98 Å². The van der Waals surface area contributed by atoms with Gasteiger partial charge >= 0.3 is 0 Å². The maximum Gasteiger partial charge on any atom is 0.128 e. The van der Waals surface area contributed by atoms with Gasteiger partial charge in [0.05, 0.1) is 6.54 Å². The van der Waals surface area contributed by atoms with Gasteiger partial charge in [-0.3, -0.25) is 0 Å². The van der Waals surface area contributed by atoms with E-state index in [1.54, 1.807) is 0 Å². The van der Waals surface area contributed by atoms with Crippen molar-refractivity contribution in [3.05, 3.63) is 42.5 Å². The summed E-state index contributed by atoms with van der Waals surface area (Å²) in [7, 11) is 0. The van der Waals surface area contributed by atoms with Crippen LogP contribution in [-0.4, -0.2) is 22.6 Å². The summed E-state index contributed by atoms with van der Waals surface area (Å²) in [5, 5.41) is 3.48. The third-order valence-corrected chi connectivity index (χ3v) is 3.91. The van der Waals surface area contributed by atoms with Crippen LogP contribution >= 0.6 is 0 Å². The summed E-state index contributed by atoms with van der Waals surface area (Å²) < 4.78 is 2.16. The first-order valence-corrected chi connectivity index (χ1v) is 7.45. The summed E-state index contributed by atoms with van der Waals surface area (Å²) in [6.45, 7) is 6.24. The van der Waals surface area contributed by atoms with E-state index < -0.39 is 0 Å². The second kappa shape index (κ2) is 5.99. The topological polar surface area (TPSA) is 33.1 Å². The van der Waals surface area contributed by atoms with Crippen LogP contribution in [0.15, 0.2) is 36.7 Å². The molecule has 20 heavy (non-hydrogen) atoms. The van der Waals surface area contributed by atoms with Gasteiger partial charge in [0.1, 0.15) is 5.82 Å². The molecule has 106 valence electrons. The van der Waals surface area contributed by atoms with Crippen molar-refractivity contribution in [2.45, 2.75) is 32.9 Å². The summed E-state index contributed by atoms with van der Waals surface area (Å²) in [4.78, 5) is 6.85. The number of nitrogens with one attached hydrogen (secondary N) is 1. The van der Waals surface area contributed by atoms with Gasteiger partial charge in [0.25, 0.3) is 0 Å². The first-order valence-electron chi connectivity index (χ1n) is 7.45. The van der Waals surface area contributed by atoms with Gasteiger partial charge in [-0.1, -0.05) is 6.07 Å². The molecule has 1 N–H and O–H groups in total. The Hall–Kier alpha value is -1.97. The molecule has 0 unspecified atom stereocenters. The van der Waals surface area contributed by atoms with E-state index in [9.17, 15) is 0 Å². The van der Waals surface area contributed by atoms with Crippen LogP contribution < -0.4 is 10.2 Å². The average molecular weight is 270 g/mol. The lowest BCUT2D eigenvalue weighted by molar-refractivity contribution is 0.708. The van der Waals surface area contributed by atoms with Gasteiger partial charge in [0.2, 0.25) is 0 Å². The number of anilines is 2. The monoisotopic (exact) mass is 270 g/mol. The molecule has 0 bridgehead atoms. The van der Waals surface area contributed by atoms with Crippen LogP contribution in [0.1, 0.15) is 25.6 Å². The minimum absolute atomic E-state index is 0.768. The zero-order chi connectivity index (χ0) is 13.8. The Morgan fingerprint density at radius 1 is 1.25 bits per heavy atom. The lowest BCUT2D eigenvalue weighted by atomic mass is 10.2. The molecule has 1 saturated heterocycles. The van der Waals surface area contributed by atoms with Crippen LogP contribution in [0.4, 0.5) is 11.4 Å². The van der Waals surface area contributed by atoms with Crippen molar-refractivity contribution in [2.75, 3.05) is 23.3 Å². The van der Waals surface area contributed by atoms with E-state index in [1.807, 2.05) is 12.4 Å². The highest BCUT2D eigenvalue weighted by molar-refractivity contribution is 5.58. The van der Waals surface area contributed by atoms with E-state index in [0.29, 0.717) is 0 Å². The van der Waals surface area contributed by atoms with Crippen molar-refractivity contribution in [1.29, 1.82) is 0 Å². The Balaban J connectivity index is 1.67. The fourth-order valence-corrected chi connectivity index (χ4v) is 2.76. The van der Waals surface area contributed by atoms with Crippen molar-refractivity contribution in [2.24, 2.45) is 0 Å². The molecule has 1 fully saturated rings. The minimum Gasteiger partial charge on any atom is -0.378 e. The molecule has 4 nitrogen and oxygen atoms in total. The molecular weight excluding hydrogens is 248 g/mol. The van der Waals surface area contributed by atoms with Crippen LogP contribution in [0.3, 0.4) is 0 Å². The molecule has 0 amide bonds. The highest BCUT2D eigenvalue weighted by Crippen LogP contribution is 2.23. The van der Waals surface area contributed by atoms with Gasteiger partial charge in [0, 0.05) is 43.4 Å². The van der Waals surface area contributed by atoms with E-state index in [2.05, 4.69) is 51.0 Å². The molecule has 4 heteroatoms. The van der Waals surface area contributed by atoms with Gasteiger partial charge in [-0.2, -0.15) is 0 Å². The standard InChI is InChI=1S/C16H22N4/c1-2-19-11-8-17-16(19)13-18-14-6-5-7-15(12-14)20-9-3-4-10-20/h5-8,11-12,18H,2-4,9-10,13H2,1H3.